The van der Waals surface area contributed by atoms with E-state index in [0.717, 1.165) is 32.9 Å². The van der Waals surface area contributed by atoms with Crippen LogP contribution in [0.1, 0.15) is 11.1 Å². The van der Waals surface area contributed by atoms with Crippen molar-refractivity contribution < 1.29 is 4.39 Å². The Morgan fingerprint density at radius 2 is 1.48 bits per heavy atom. The van der Waals surface area contributed by atoms with E-state index in [9.17, 15) is 4.39 Å². The fourth-order valence-corrected chi connectivity index (χ4v) is 3.26. The predicted molar refractivity (Wildman–Crippen MR) is 94.1 cm³/mol. The minimum atomic E-state index is -0.236. The molecule has 0 aliphatic heterocycles. The highest BCUT2D eigenvalue weighted by molar-refractivity contribution is 6.10. The first-order valence-corrected chi connectivity index (χ1v) is 7.68. The number of rotatable bonds is 1. The van der Waals surface area contributed by atoms with E-state index >= 15 is 0 Å². The van der Waals surface area contributed by atoms with Crippen LogP contribution < -0.4 is 0 Å². The van der Waals surface area contributed by atoms with Gasteiger partial charge in [-0.15, -0.1) is 0 Å². The van der Waals surface area contributed by atoms with E-state index in [-0.39, 0.29) is 5.82 Å². The van der Waals surface area contributed by atoms with Crippen molar-refractivity contribution in [3.63, 3.8) is 0 Å². The van der Waals surface area contributed by atoms with Crippen molar-refractivity contribution in [1.29, 1.82) is 0 Å². The van der Waals surface area contributed by atoms with Gasteiger partial charge in [-0.3, -0.25) is 0 Å². The molecule has 0 spiro atoms. The van der Waals surface area contributed by atoms with Crippen molar-refractivity contribution in [3.8, 4) is 11.3 Å². The molecule has 0 unspecified atom stereocenters. The maximum absolute atomic E-state index is 13.9. The number of aryl methyl sites for hydroxylation is 2. The van der Waals surface area contributed by atoms with Crippen molar-refractivity contribution in [1.82, 2.24) is 4.98 Å². The SMILES string of the molecule is Cc1cc(C)cc(-c2nc3ccccc3c3ccc(F)cc23)c1. The summed E-state index contributed by atoms with van der Waals surface area (Å²) in [6, 6.07) is 19.3. The molecule has 4 aromatic rings. The molecule has 0 radical (unpaired) electrons. The van der Waals surface area contributed by atoms with Crippen molar-refractivity contribution >= 4 is 21.7 Å². The zero-order chi connectivity index (χ0) is 16.0. The lowest BCUT2D eigenvalue weighted by molar-refractivity contribution is 0.630. The standard InChI is InChI=1S/C21H16FN/c1-13-9-14(2)11-15(10-13)21-19-12-16(22)7-8-17(19)18-5-3-4-6-20(18)23-21/h3-12H,1-2H3. The molecule has 0 N–H and O–H groups in total. The number of para-hydroxylation sites is 1. The minimum absolute atomic E-state index is 0.236. The Kier molecular flexibility index (Phi) is 3.12. The number of fused-ring (bicyclic) bond motifs is 3. The summed E-state index contributed by atoms with van der Waals surface area (Å²) in [5.41, 5.74) is 5.16. The van der Waals surface area contributed by atoms with Crippen LogP contribution in [-0.2, 0) is 0 Å². The van der Waals surface area contributed by atoms with Crippen molar-refractivity contribution in [2.75, 3.05) is 0 Å². The number of benzene rings is 3. The molecule has 112 valence electrons. The Bertz CT molecular complexity index is 1030. The van der Waals surface area contributed by atoms with Gasteiger partial charge in [0, 0.05) is 16.3 Å². The number of hydrogen-bond acceptors (Lipinski definition) is 1. The third-order valence-electron chi connectivity index (χ3n) is 4.16. The van der Waals surface area contributed by atoms with Crippen LogP contribution in [0.4, 0.5) is 4.39 Å². The maximum Gasteiger partial charge on any atom is 0.123 e. The molecule has 0 amide bonds. The third-order valence-corrected chi connectivity index (χ3v) is 4.16. The monoisotopic (exact) mass is 301 g/mol. The summed E-state index contributed by atoms with van der Waals surface area (Å²) in [6.07, 6.45) is 0. The highest BCUT2D eigenvalue weighted by Crippen LogP contribution is 2.33. The molecule has 3 aromatic carbocycles. The molecule has 0 aliphatic carbocycles. The summed E-state index contributed by atoms with van der Waals surface area (Å²) in [5, 5.41) is 2.94. The molecule has 2 heteroatoms. The highest BCUT2D eigenvalue weighted by Gasteiger charge is 2.11. The largest absolute Gasteiger partial charge is 0.247 e. The average Bonchev–Trinajstić information content (AvgIpc) is 2.53. The zero-order valence-corrected chi connectivity index (χ0v) is 13.1. The van der Waals surface area contributed by atoms with Crippen LogP contribution in [0, 0.1) is 19.7 Å². The fraction of sp³-hybridized carbons (Fsp3) is 0.0952. The number of pyridine rings is 1. The molecule has 0 aliphatic rings. The van der Waals surface area contributed by atoms with Gasteiger partial charge in [0.2, 0.25) is 0 Å². The molecular formula is C21H16FN. The summed E-state index contributed by atoms with van der Waals surface area (Å²) in [7, 11) is 0. The van der Waals surface area contributed by atoms with Crippen molar-refractivity contribution in [2.24, 2.45) is 0 Å². The Hall–Kier alpha value is -2.74. The van der Waals surface area contributed by atoms with Gasteiger partial charge in [0.25, 0.3) is 0 Å². The number of aromatic nitrogens is 1. The molecule has 1 aromatic heterocycles. The summed E-state index contributed by atoms with van der Waals surface area (Å²) in [5.74, 6) is -0.236. The van der Waals surface area contributed by atoms with Gasteiger partial charge in [-0.1, -0.05) is 41.5 Å². The van der Waals surface area contributed by atoms with Crippen LogP contribution >= 0.6 is 0 Å². The molecule has 1 nitrogen and oxygen atoms in total. The van der Waals surface area contributed by atoms with Gasteiger partial charge in [0.1, 0.15) is 5.82 Å². The second-order valence-electron chi connectivity index (χ2n) is 6.04. The number of hydrogen-bond donors (Lipinski definition) is 0. The molecule has 0 fully saturated rings. The van der Waals surface area contributed by atoms with E-state index in [2.05, 4.69) is 32.0 Å². The Morgan fingerprint density at radius 1 is 0.739 bits per heavy atom. The van der Waals surface area contributed by atoms with Gasteiger partial charge in [-0.25, -0.2) is 9.37 Å². The first-order valence-electron chi connectivity index (χ1n) is 7.68. The quantitative estimate of drug-likeness (QED) is 0.404. The van der Waals surface area contributed by atoms with Gasteiger partial charge in [-0.2, -0.15) is 0 Å². The lowest BCUT2D eigenvalue weighted by atomic mass is 9.98. The van der Waals surface area contributed by atoms with Crippen LogP contribution in [0.25, 0.3) is 32.9 Å². The second-order valence-corrected chi connectivity index (χ2v) is 6.04. The molecule has 23 heavy (non-hydrogen) atoms. The normalized spacial score (nSPS) is 11.3. The summed E-state index contributed by atoms with van der Waals surface area (Å²) in [6.45, 7) is 4.14. The fourth-order valence-electron chi connectivity index (χ4n) is 3.26. The minimum Gasteiger partial charge on any atom is -0.247 e. The first kappa shape index (κ1) is 13.9. The number of nitrogens with zero attached hydrogens (tertiary/aromatic N) is 1. The van der Waals surface area contributed by atoms with Crippen LogP contribution in [0.15, 0.2) is 60.7 Å². The molecule has 0 saturated heterocycles. The van der Waals surface area contributed by atoms with Crippen molar-refractivity contribution in [2.45, 2.75) is 13.8 Å². The third kappa shape index (κ3) is 2.36. The van der Waals surface area contributed by atoms with Gasteiger partial charge in [0.05, 0.1) is 11.2 Å². The lowest BCUT2D eigenvalue weighted by Gasteiger charge is -2.11. The van der Waals surface area contributed by atoms with Crippen LogP contribution in [0.2, 0.25) is 0 Å². The lowest BCUT2D eigenvalue weighted by Crippen LogP contribution is -1.92. The molecular weight excluding hydrogens is 285 g/mol. The van der Waals surface area contributed by atoms with E-state index in [4.69, 9.17) is 4.98 Å². The van der Waals surface area contributed by atoms with E-state index in [1.807, 2.05) is 30.3 Å². The first-order chi connectivity index (χ1) is 11.1. The van der Waals surface area contributed by atoms with Gasteiger partial charge < -0.3 is 0 Å². The van der Waals surface area contributed by atoms with E-state index < -0.39 is 0 Å². The Balaban J connectivity index is 2.17. The van der Waals surface area contributed by atoms with E-state index in [1.54, 1.807) is 6.07 Å². The predicted octanol–water partition coefficient (Wildman–Crippen LogP) is 5.81. The zero-order valence-electron chi connectivity index (χ0n) is 13.1. The van der Waals surface area contributed by atoms with Crippen LogP contribution in [-0.4, -0.2) is 4.98 Å². The van der Waals surface area contributed by atoms with E-state index in [1.165, 1.54) is 17.2 Å². The maximum atomic E-state index is 13.9. The average molecular weight is 301 g/mol. The van der Waals surface area contributed by atoms with Crippen LogP contribution in [0.3, 0.4) is 0 Å². The summed E-state index contributed by atoms with van der Waals surface area (Å²) in [4.78, 5) is 4.83. The molecule has 1 heterocycles. The second kappa shape index (κ2) is 5.17. The molecule has 4 rings (SSSR count). The smallest absolute Gasteiger partial charge is 0.123 e. The Labute approximate surface area is 134 Å². The molecule has 0 atom stereocenters. The number of halogens is 1. The van der Waals surface area contributed by atoms with Gasteiger partial charge in [0.15, 0.2) is 0 Å². The topological polar surface area (TPSA) is 12.9 Å². The molecule has 0 saturated carbocycles. The summed E-state index contributed by atoms with van der Waals surface area (Å²) >= 11 is 0. The van der Waals surface area contributed by atoms with Gasteiger partial charge >= 0.3 is 0 Å². The highest BCUT2D eigenvalue weighted by atomic mass is 19.1. The van der Waals surface area contributed by atoms with E-state index in [0.29, 0.717) is 0 Å². The summed E-state index contributed by atoms with van der Waals surface area (Å²) < 4.78 is 13.9. The van der Waals surface area contributed by atoms with Crippen LogP contribution in [0.5, 0.6) is 0 Å². The van der Waals surface area contributed by atoms with Gasteiger partial charge in [-0.05, 0) is 49.6 Å². The molecule has 0 bridgehead atoms. The Morgan fingerprint density at radius 3 is 2.26 bits per heavy atom. The van der Waals surface area contributed by atoms with Crippen molar-refractivity contribution in [3.05, 3.63) is 77.6 Å².